The van der Waals surface area contributed by atoms with E-state index < -0.39 is 0 Å². The molecule has 0 bridgehead atoms. The van der Waals surface area contributed by atoms with Crippen LogP contribution in [0.1, 0.15) is 38.2 Å². The van der Waals surface area contributed by atoms with Crippen LogP contribution in [0.25, 0.3) is 0 Å². The van der Waals surface area contributed by atoms with Crippen molar-refractivity contribution in [1.82, 2.24) is 5.32 Å². The highest BCUT2D eigenvalue weighted by molar-refractivity contribution is 6.42. The predicted octanol–water partition coefficient (Wildman–Crippen LogP) is 4.66. The van der Waals surface area contributed by atoms with Gasteiger partial charge in [0.25, 0.3) is 0 Å². The van der Waals surface area contributed by atoms with Crippen molar-refractivity contribution in [3.8, 4) is 0 Å². The second-order valence-electron chi connectivity index (χ2n) is 4.96. The summed E-state index contributed by atoms with van der Waals surface area (Å²) in [6.45, 7) is 3.15. The van der Waals surface area contributed by atoms with Crippen LogP contribution in [0.5, 0.6) is 0 Å². The van der Waals surface area contributed by atoms with E-state index in [1.807, 2.05) is 18.2 Å². The largest absolute Gasteiger partial charge is 0.310 e. The van der Waals surface area contributed by atoms with E-state index in [0.29, 0.717) is 16.1 Å². The number of halogens is 2. The van der Waals surface area contributed by atoms with Crippen LogP contribution in [0.2, 0.25) is 10.0 Å². The van der Waals surface area contributed by atoms with Crippen molar-refractivity contribution in [3.05, 3.63) is 33.8 Å². The van der Waals surface area contributed by atoms with Crippen LogP contribution >= 0.6 is 23.2 Å². The lowest BCUT2D eigenvalue weighted by molar-refractivity contribution is 0.380. The molecule has 3 heteroatoms. The maximum Gasteiger partial charge on any atom is 0.0595 e. The zero-order chi connectivity index (χ0) is 12.3. The van der Waals surface area contributed by atoms with Gasteiger partial charge in [-0.2, -0.15) is 0 Å². The van der Waals surface area contributed by atoms with E-state index in [1.54, 1.807) is 0 Å². The summed E-state index contributed by atoms with van der Waals surface area (Å²) >= 11 is 11.9. The van der Waals surface area contributed by atoms with Gasteiger partial charge in [0, 0.05) is 12.6 Å². The molecule has 0 saturated heterocycles. The summed E-state index contributed by atoms with van der Waals surface area (Å²) < 4.78 is 0. The molecule has 1 saturated carbocycles. The Kier molecular flexibility index (Phi) is 4.72. The van der Waals surface area contributed by atoms with Gasteiger partial charge in [-0.05, 0) is 43.4 Å². The molecule has 1 aliphatic carbocycles. The predicted molar refractivity (Wildman–Crippen MR) is 74.7 cm³/mol. The first-order valence-electron chi connectivity index (χ1n) is 6.34. The second-order valence-corrected chi connectivity index (χ2v) is 5.78. The van der Waals surface area contributed by atoms with Crippen LogP contribution in [0, 0.1) is 5.92 Å². The molecule has 1 nitrogen and oxygen atoms in total. The molecule has 1 fully saturated rings. The molecule has 0 amide bonds. The normalized spacial score (nSPS) is 18.5. The fourth-order valence-electron chi connectivity index (χ4n) is 2.55. The molecular formula is C14H19Cl2N. The van der Waals surface area contributed by atoms with Gasteiger partial charge >= 0.3 is 0 Å². The van der Waals surface area contributed by atoms with Crippen molar-refractivity contribution >= 4 is 23.2 Å². The Balaban J connectivity index is 1.86. The number of nitrogens with one attached hydrogen (secondary N) is 1. The van der Waals surface area contributed by atoms with Gasteiger partial charge in [-0.3, -0.25) is 0 Å². The highest BCUT2D eigenvalue weighted by Gasteiger charge is 2.20. The van der Waals surface area contributed by atoms with Crippen LogP contribution in [0.3, 0.4) is 0 Å². The average Bonchev–Trinajstić information content (AvgIpc) is 2.84. The minimum absolute atomic E-state index is 0.590. The lowest BCUT2D eigenvalue weighted by atomic mass is 9.99. The third-order valence-electron chi connectivity index (χ3n) is 3.72. The first-order valence-corrected chi connectivity index (χ1v) is 7.09. The zero-order valence-corrected chi connectivity index (χ0v) is 11.7. The molecule has 0 aromatic heterocycles. The van der Waals surface area contributed by atoms with Crippen LogP contribution < -0.4 is 5.32 Å². The van der Waals surface area contributed by atoms with Crippen molar-refractivity contribution < 1.29 is 0 Å². The molecular weight excluding hydrogens is 253 g/mol. The van der Waals surface area contributed by atoms with Gasteiger partial charge in [0.1, 0.15) is 0 Å². The minimum Gasteiger partial charge on any atom is -0.310 e. The molecule has 17 heavy (non-hydrogen) atoms. The molecule has 1 aromatic rings. The summed E-state index contributed by atoms with van der Waals surface area (Å²) in [5, 5.41) is 4.85. The van der Waals surface area contributed by atoms with Gasteiger partial charge in [-0.1, -0.05) is 42.1 Å². The summed E-state index contributed by atoms with van der Waals surface area (Å²) in [6.07, 6.45) is 5.53. The van der Waals surface area contributed by atoms with E-state index in [0.717, 1.165) is 12.5 Å². The fraction of sp³-hybridized carbons (Fsp3) is 0.571. The van der Waals surface area contributed by atoms with E-state index in [4.69, 9.17) is 23.2 Å². The van der Waals surface area contributed by atoms with Gasteiger partial charge in [-0.15, -0.1) is 0 Å². The molecule has 0 spiro atoms. The van der Waals surface area contributed by atoms with Gasteiger partial charge < -0.3 is 5.32 Å². The van der Waals surface area contributed by atoms with Gasteiger partial charge in [0.05, 0.1) is 10.0 Å². The highest BCUT2D eigenvalue weighted by Crippen LogP contribution is 2.28. The molecule has 0 unspecified atom stereocenters. The Bertz CT molecular complexity index is 372. The number of rotatable bonds is 4. The maximum atomic E-state index is 6.00. The smallest absolute Gasteiger partial charge is 0.0595 e. The Labute approximate surface area is 114 Å². The lowest BCUT2D eigenvalue weighted by Crippen LogP contribution is -2.31. The zero-order valence-electron chi connectivity index (χ0n) is 10.2. The third-order valence-corrected chi connectivity index (χ3v) is 4.46. The van der Waals surface area contributed by atoms with Gasteiger partial charge in [-0.25, -0.2) is 0 Å². The van der Waals surface area contributed by atoms with Crippen molar-refractivity contribution in [2.75, 3.05) is 0 Å². The monoisotopic (exact) mass is 271 g/mol. The SMILES string of the molecule is C[C@H](NCc1ccc(Cl)c(Cl)c1)C1CCCC1. The van der Waals surface area contributed by atoms with Crippen molar-refractivity contribution in [2.24, 2.45) is 5.92 Å². The van der Waals surface area contributed by atoms with E-state index in [9.17, 15) is 0 Å². The second kappa shape index (κ2) is 6.08. The summed E-state index contributed by atoms with van der Waals surface area (Å²) in [6, 6.07) is 6.43. The van der Waals surface area contributed by atoms with E-state index >= 15 is 0 Å². The summed E-state index contributed by atoms with van der Waals surface area (Å²) in [7, 11) is 0. The lowest BCUT2D eigenvalue weighted by Gasteiger charge is -2.20. The molecule has 1 aromatic carbocycles. The molecule has 0 aliphatic heterocycles. The Morgan fingerprint density at radius 3 is 2.59 bits per heavy atom. The first kappa shape index (κ1) is 13.2. The van der Waals surface area contributed by atoms with Gasteiger partial charge in [0.15, 0.2) is 0 Å². The van der Waals surface area contributed by atoms with Crippen molar-refractivity contribution in [3.63, 3.8) is 0 Å². The Morgan fingerprint density at radius 1 is 1.24 bits per heavy atom. The van der Waals surface area contributed by atoms with E-state index in [2.05, 4.69) is 12.2 Å². The third kappa shape index (κ3) is 3.61. The average molecular weight is 272 g/mol. The molecule has 0 radical (unpaired) electrons. The van der Waals surface area contributed by atoms with Crippen molar-refractivity contribution in [1.29, 1.82) is 0 Å². The van der Waals surface area contributed by atoms with Crippen LogP contribution in [-0.2, 0) is 6.54 Å². The molecule has 0 heterocycles. The first-order chi connectivity index (χ1) is 8.16. The summed E-state index contributed by atoms with van der Waals surface area (Å²) in [5.74, 6) is 0.845. The van der Waals surface area contributed by atoms with Crippen LogP contribution in [-0.4, -0.2) is 6.04 Å². The highest BCUT2D eigenvalue weighted by atomic mass is 35.5. The molecule has 2 rings (SSSR count). The van der Waals surface area contributed by atoms with E-state index in [-0.39, 0.29) is 0 Å². The summed E-state index contributed by atoms with van der Waals surface area (Å²) in [5.41, 5.74) is 1.20. The standard InChI is InChI=1S/C14H19Cl2N/c1-10(12-4-2-3-5-12)17-9-11-6-7-13(15)14(16)8-11/h6-8,10,12,17H,2-5,9H2,1H3/t10-/m0/s1. The van der Waals surface area contributed by atoms with E-state index in [1.165, 1.54) is 31.2 Å². The minimum atomic E-state index is 0.590. The number of hydrogen-bond acceptors (Lipinski definition) is 1. The Morgan fingerprint density at radius 2 is 1.94 bits per heavy atom. The number of hydrogen-bond donors (Lipinski definition) is 1. The molecule has 1 aliphatic rings. The van der Waals surface area contributed by atoms with Crippen molar-refractivity contribution in [2.45, 2.75) is 45.2 Å². The summed E-state index contributed by atoms with van der Waals surface area (Å²) in [4.78, 5) is 0. The number of benzene rings is 1. The fourth-order valence-corrected chi connectivity index (χ4v) is 2.87. The van der Waals surface area contributed by atoms with Crippen LogP contribution in [0.4, 0.5) is 0 Å². The maximum absolute atomic E-state index is 6.00. The quantitative estimate of drug-likeness (QED) is 0.840. The molecule has 94 valence electrons. The molecule has 1 N–H and O–H groups in total. The Hall–Kier alpha value is -0.240. The van der Waals surface area contributed by atoms with Crippen LogP contribution in [0.15, 0.2) is 18.2 Å². The molecule has 1 atom stereocenters. The van der Waals surface area contributed by atoms with Gasteiger partial charge in [0.2, 0.25) is 0 Å². The topological polar surface area (TPSA) is 12.0 Å².